The van der Waals surface area contributed by atoms with Crippen molar-refractivity contribution in [1.29, 1.82) is 5.26 Å². The molecule has 6 heteroatoms. The van der Waals surface area contributed by atoms with E-state index in [0.717, 1.165) is 15.8 Å². The molecule has 0 spiro atoms. The van der Waals surface area contributed by atoms with Crippen LogP contribution < -0.4 is 4.74 Å². The minimum atomic E-state index is 0.361. The number of fused-ring (bicyclic) bond motifs is 1. The highest BCUT2D eigenvalue weighted by molar-refractivity contribution is 9.10. The van der Waals surface area contributed by atoms with Crippen molar-refractivity contribution in [2.45, 2.75) is 6.61 Å². The molecular formula is C14H9BrN4O. The van der Waals surface area contributed by atoms with Crippen LogP contribution in [0.3, 0.4) is 0 Å². The van der Waals surface area contributed by atoms with Gasteiger partial charge in [-0.2, -0.15) is 5.26 Å². The largest absolute Gasteiger partial charge is 0.472 e. The second kappa shape index (κ2) is 5.31. The predicted molar refractivity (Wildman–Crippen MR) is 76.2 cm³/mol. The van der Waals surface area contributed by atoms with Crippen LogP contribution in [0, 0.1) is 11.3 Å². The minimum absolute atomic E-state index is 0.361. The normalized spacial score (nSPS) is 10.4. The van der Waals surface area contributed by atoms with E-state index in [9.17, 15) is 0 Å². The summed E-state index contributed by atoms with van der Waals surface area (Å²) in [6.07, 6.45) is 1.68. The van der Waals surface area contributed by atoms with E-state index in [1.54, 1.807) is 28.9 Å². The first-order valence-corrected chi connectivity index (χ1v) is 6.68. The van der Waals surface area contributed by atoms with Crippen molar-refractivity contribution in [2.75, 3.05) is 0 Å². The Morgan fingerprint density at radius 1 is 1.30 bits per heavy atom. The molecule has 0 saturated heterocycles. The Hall–Kier alpha value is -2.39. The Labute approximate surface area is 123 Å². The Balaban J connectivity index is 1.79. The zero-order valence-electron chi connectivity index (χ0n) is 10.3. The summed E-state index contributed by atoms with van der Waals surface area (Å²) in [5.74, 6) is 0.499. The van der Waals surface area contributed by atoms with Gasteiger partial charge < -0.3 is 4.74 Å². The molecular weight excluding hydrogens is 320 g/mol. The number of imidazole rings is 1. The van der Waals surface area contributed by atoms with Gasteiger partial charge in [0.2, 0.25) is 5.88 Å². The zero-order valence-corrected chi connectivity index (χ0v) is 11.9. The van der Waals surface area contributed by atoms with Crippen molar-refractivity contribution < 1.29 is 4.74 Å². The van der Waals surface area contributed by atoms with Crippen molar-refractivity contribution in [3.63, 3.8) is 0 Å². The molecule has 0 bridgehead atoms. The fourth-order valence-corrected chi connectivity index (χ4v) is 2.16. The van der Waals surface area contributed by atoms with E-state index >= 15 is 0 Å². The number of hydrogen-bond acceptors (Lipinski definition) is 4. The van der Waals surface area contributed by atoms with Crippen molar-refractivity contribution in [2.24, 2.45) is 0 Å². The highest BCUT2D eigenvalue weighted by atomic mass is 79.9. The van der Waals surface area contributed by atoms with Crippen LogP contribution in [-0.4, -0.2) is 14.6 Å². The molecule has 0 fully saturated rings. The molecule has 0 atom stereocenters. The third-order valence-corrected chi connectivity index (χ3v) is 3.28. The summed E-state index contributed by atoms with van der Waals surface area (Å²) in [4.78, 5) is 4.16. The van der Waals surface area contributed by atoms with Gasteiger partial charge in [-0.05, 0) is 39.7 Å². The standard InChI is InChI=1S/C14H9BrN4O/c15-12-8-17-13-4-5-14(18-19(12)13)20-9-11-3-1-2-10(6-11)7-16/h1-6,8H,9H2. The van der Waals surface area contributed by atoms with Crippen LogP contribution in [0.4, 0.5) is 0 Å². The lowest BCUT2D eigenvalue weighted by Crippen LogP contribution is -2.01. The number of benzene rings is 1. The van der Waals surface area contributed by atoms with E-state index < -0.39 is 0 Å². The van der Waals surface area contributed by atoms with Gasteiger partial charge in [0.15, 0.2) is 5.65 Å². The van der Waals surface area contributed by atoms with Gasteiger partial charge in [0.05, 0.1) is 17.8 Å². The van der Waals surface area contributed by atoms with Gasteiger partial charge in [-0.3, -0.25) is 0 Å². The third-order valence-electron chi connectivity index (χ3n) is 2.74. The topological polar surface area (TPSA) is 63.2 Å². The number of ether oxygens (including phenoxy) is 1. The summed E-state index contributed by atoms with van der Waals surface area (Å²) in [5, 5.41) is 13.2. The predicted octanol–water partition coefficient (Wildman–Crippen LogP) is 2.94. The molecule has 0 saturated carbocycles. The van der Waals surface area contributed by atoms with Crippen molar-refractivity contribution in [1.82, 2.24) is 14.6 Å². The first kappa shape index (κ1) is 12.6. The number of aromatic nitrogens is 3. The molecule has 20 heavy (non-hydrogen) atoms. The lowest BCUT2D eigenvalue weighted by molar-refractivity contribution is 0.289. The van der Waals surface area contributed by atoms with E-state index in [0.29, 0.717) is 18.1 Å². The summed E-state index contributed by atoms with van der Waals surface area (Å²) in [6.45, 7) is 0.361. The van der Waals surface area contributed by atoms with Crippen molar-refractivity contribution in [3.8, 4) is 11.9 Å². The molecule has 3 aromatic rings. The summed E-state index contributed by atoms with van der Waals surface area (Å²) < 4.78 is 8.06. The Morgan fingerprint density at radius 3 is 3.05 bits per heavy atom. The van der Waals surface area contributed by atoms with Gasteiger partial charge in [-0.15, -0.1) is 5.10 Å². The quantitative estimate of drug-likeness (QED) is 0.741. The molecule has 0 radical (unpaired) electrons. The molecule has 0 aliphatic heterocycles. The molecule has 2 aromatic heterocycles. The lowest BCUT2D eigenvalue weighted by atomic mass is 10.1. The minimum Gasteiger partial charge on any atom is -0.472 e. The fraction of sp³-hybridized carbons (Fsp3) is 0.0714. The summed E-state index contributed by atoms with van der Waals surface area (Å²) >= 11 is 3.36. The summed E-state index contributed by atoms with van der Waals surface area (Å²) in [5.41, 5.74) is 2.29. The van der Waals surface area contributed by atoms with Gasteiger partial charge in [-0.25, -0.2) is 9.50 Å². The van der Waals surface area contributed by atoms with Gasteiger partial charge in [0, 0.05) is 6.07 Å². The Morgan fingerprint density at radius 2 is 2.20 bits per heavy atom. The Bertz CT molecular complexity index is 806. The molecule has 2 heterocycles. The summed E-state index contributed by atoms with van der Waals surface area (Å²) in [6, 6.07) is 13.0. The lowest BCUT2D eigenvalue weighted by Gasteiger charge is -2.06. The highest BCUT2D eigenvalue weighted by Crippen LogP contribution is 2.16. The zero-order chi connectivity index (χ0) is 13.9. The number of nitrogens with zero attached hydrogens (tertiary/aromatic N) is 4. The van der Waals surface area contributed by atoms with Crippen LogP contribution in [-0.2, 0) is 6.61 Å². The molecule has 0 amide bonds. The maximum Gasteiger partial charge on any atom is 0.232 e. The average Bonchev–Trinajstić information content (AvgIpc) is 2.86. The SMILES string of the molecule is N#Cc1cccc(COc2ccc3ncc(Br)n3n2)c1. The first-order chi connectivity index (χ1) is 9.76. The average molecular weight is 329 g/mol. The molecule has 5 nitrogen and oxygen atoms in total. The summed E-state index contributed by atoms with van der Waals surface area (Å²) in [7, 11) is 0. The second-order valence-electron chi connectivity index (χ2n) is 4.12. The van der Waals surface area contributed by atoms with Crippen LogP contribution in [0.5, 0.6) is 5.88 Å². The Kier molecular flexibility index (Phi) is 3.35. The van der Waals surface area contributed by atoms with Crippen LogP contribution in [0.1, 0.15) is 11.1 Å². The molecule has 0 unspecified atom stereocenters. The van der Waals surface area contributed by atoms with Crippen LogP contribution in [0.15, 0.2) is 47.2 Å². The maximum absolute atomic E-state index is 8.85. The van der Waals surface area contributed by atoms with Gasteiger partial charge in [0.25, 0.3) is 0 Å². The van der Waals surface area contributed by atoms with Crippen molar-refractivity contribution >= 4 is 21.6 Å². The molecule has 0 N–H and O–H groups in total. The third kappa shape index (κ3) is 2.49. The molecule has 1 aromatic carbocycles. The fourth-order valence-electron chi connectivity index (χ4n) is 1.79. The molecule has 3 rings (SSSR count). The van der Waals surface area contributed by atoms with Crippen LogP contribution in [0.2, 0.25) is 0 Å². The van der Waals surface area contributed by atoms with E-state index in [-0.39, 0.29) is 0 Å². The first-order valence-electron chi connectivity index (χ1n) is 5.88. The molecule has 98 valence electrons. The van der Waals surface area contributed by atoms with Crippen LogP contribution in [0.25, 0.3) is 5.65 Å². The smallest absolute Gasteiger partial charge is 0.232 e. The van der Waals surface area contributed by atoms with Crippen molar-refractivity contribution in [3.05, 3.63) is 58.3 Å². The van der Waals surface area contributed by atoms with Gasteiger partial charge >= 0.3 is 0 Å². The maximum atomic E-state index is 8.85. The molecule has 0 aliphatic carbocycles. The number of hydrogen-bond donors (Lipinski definition) is 0. The van der Waals surface area contributed by atoms with Gasteiger partial charge in [-0.1, -0.05) is 12.1 Å². The number of rotatable bonds is 3. The van der Waals surface area contributed by atoms with E-state index in [1.807, 2.05) is 18.2 Å². The highest BCUT2D eigenvalue weighted by Gasteiger charge is 2.04. The van der Waals surface area contributed by atoms with Gasteiger partial charge in [0.1, 0.15) is 11.2 Å². The second-order valence-corrected chi connectivity index (χ2v) is 4.94. The van der Waals surface area contributed by atoms with E-state index in [4.69, 9.17) is 10.00 Å². The van der Waals surface area contributed by atoms with Crippen LogP contribution >= 0.6 is 15.9 Å². The van der Waals surface area contributed by atoms with E-state index in [1.165, 1.54) is 0 Å². The number of nitriles is 1. The van der Waals surface area contributed by atoms with E-state index in [2.05, 4.69) is 32.1 Å². The monoisotopic (exact) mass is 328 g/mol. The number of halogens is 1. The molecule has 0 aliphatic rings.